The first-order chi connectivity index (χ1) is 12.9. The quantitative estimate of drug-likeness (QED) is 0.540. The van der Waals surface area contributed by atoms with E-state index < -0.39 is 9.84 Å². The number of aryl methyl sites for hydroxylation is 2. The van der Waals surface area contributed by atoms with E-state index in [0.29, 0.717) is 10.9 Å². The first kappa shape index (κ1) is 21.0. The minimum atomic E-state index is -3.31. The molecular formula is C21H29N3O2S. The van der Waals surface area contributed by atoms with Crippen LogP contribution in [0.3, 0.4) is 0 Å². The second-order valence-corrected chi connectivity index (χ2v) is 8.67. The number of benzene rings is 2. The Morgan fingerprint density at radius 2 is 1.67 bits per heavy atom. The van der Waals surface area contributed by atoms with Gasteiger partial charge in [-0.3, -0.25) is 4.99 Å². The number of guanidine groups is 1. The lowest BCUT2D eigenvalue weighted by Crippen LogP contribution is -2.38. The lowest BCUT2D eigenvalue weighted by molar-refractivity contribution is 0.596. The van der Waals surface area contributed by atoms with Crippen LogP contribution in [-0.2, 0) is 16.3 Å². The van der Waals surface area contributed by atoms with Crippen LogP contribution in [0.15, 0.2) is 58.4 Å². The van der Waals surface area contributed by atoms with Gasteiger partial charge in [-0.25, -0.2) is 8.42 Å². The van der Waals surface area contributed by atoms with Crippen LogP contribution < -0.4 is 10.6 Å². The van der Waals surface area contributed by atoms with Crippen molar-refractivity contribution in [2.75, 3.05) is 25.4 Å². The van der Waals surface area contributed by atoms with Gasteiger partial charge < -0.3 is 10.6 Å². The molecule has 2 rings (SSSR count). The molecule has 0 saturated heterocycles. The van der Waals surface area contributed by atoms with Gasteiger partial charge in [0.15, 0.2) is 15.8 Å². The standard InChI is InChI=1S/C21H29N3O2S/c1-4-22-21(23-11-10-19-15-17(2)14-18(3)16-19)24-12-13-27(25,26)20-8-6-5-7-9-20/h5-9,14-16H,4,10-13H2,1-3H3,(H2,22,23,24). The van der Waals surface area contributed by atoms with Crippen molar-refractivity contribution in [1.29, 1.82) is 0 Å². The van der Waals surface area contributed by atoms with E-state index in [0.717, 1.165) is 19.5 Å². The normalized spacial score (nSPS) is 12.0. The Morgan fingerprint density at radius 1 is 1.00 bits per heavy atom. The monoisotopic (exact) mass is 387 g/mol. The number of hydrogen-bond acceptors (Lipinski definition) is 3. The largest absolute Gasteiger partial charge is 0.357 e. The molecule has 146 valence electrons. The van der Waals surface area contributed by atoms with Crippen molar-refractivity contribution in [2.45, 2.75) is 32.1 Å². The summed E-state index contributed by atoms with van der Waals surface area (Å²) in [7, 11) is -3.31. The minimum absolute atomic E-state index is 0.00926. The average molecular weight is 388 g/mol. The summed E-state index contributed by atoms with van der Waals surface area (Å²) in [4.78, 5) is 4.75. The van der Waals surface area contributed by atoms with Crippen LogP contribution in [0, 0.1) is 13.8 Å². The van der Waals surface area contributed by atoms with Gasteiger partial charge in [-0.15, -0.1) is 0 Å². The second kappa shape index (κ2) is 10.1. The molecule has 0 spiro atoms. The predicted molar refractivity (Wildman–Crippen MR) is 112 cm³/mol. The molecule has 0 unspecified atom stereocenters. The van der Waals surface area contributed by atoms with Gasteiger partial charge in [0.25, 0.3) is 0 Å². The molecule has 0 aliphatic rings. The minimum Gasteiger partial charge on any atom is -0.357 e. The van der Waals surface area contributed by atoms with Gasteiger partial charge in [0.2, 0.25) is 0 Å². The summed E-state index contributed by atoms with van der Waals surface area (Å²) < 4.78 is 24.6. The highest BCUT2D eigenvalue weighted by molar-refractivity contribution is 7.91. The van der Waals surface area contributed by atoms with Crippen LogP contribution in [0.1, 0.15) is 23.6 Å². The molecule has 2 N–H and O–H groups in total. The van der Waals surface area contributed by atoms with Crippen molar-refractivity contribution in [3.8, 4) is 0 Å². The Labute approximate surface area is 162 Å². The summed E-state index contributed by atoms with van der Waals surface area (Å²) in [5, 5.41) is 6.44. The maximum absolute atomic E-state index is 12.3. The zero-order valence-corrected chi connectivity index (χ0v) is 17.1. The van der Waals surface area contributed by atoms with Crippen molar-refractivity contribution in [1.82, 2.24) is 10.6 Å². The molecule has 0 saturated carbocycles. The first-order valence-electron chi connectivity index (χ1n) is 9.28. The third kappa shape index (κ3) is 7.06. The molecule has 0 radical (unpaired) electrons. The molecule has 2 aromatic rings. The van der Waals surface area contributed by atoms with Crippen molar-refractivity contribution in [3.05, 3.63) is 65.2 Å². The maximum atomic E-state index is 12.3. The van der Waals surface area contributed by atoms with Gasteiger partial charge in [0, 0.05) is 13.1 Å². The zero-order valence-electron chi connectivity index (χ0n) is 16.3. The average Bonchev–Trinajstić information content (AvgIpc) is 2.61. The van der Waals surface area contributed by atoms with E-state index in [1.165, 1.54) is 16.7 Å². The van der Waals surface area contributed by atoms with Crippen LogP contribution in [0.5, 0.6) is 0 Å². The van der Waals surface area contributed by atoms with E-state index in [-0.39, 0.29) is 12.3 Å². The Morgan fingerprint density at radius 3 is 2.30 bits per heavy atom. The number of aliphatic imine (C=N–C) groups is 1. The molecule has 0 amide bonds. The summed E-state index contributed by atoms with van der Waals surface area (Å²) in [6, 6.07) is 15.0. The molecule has 0 atom stereocenters. The van der Waals surface area contributed by atoms with E-state index in [9.17, 15) is 8.42 Å². The number of hydrogen-bond donors (Lipinski definition) is 2. The lowest BCUT2D eigenvalue weighted by Gasteiger charge is -2.12. The lowest BCUT2D eigenvalue weighted by atomic mass is 10.1. The fourth-order valence-corrected chi connectivity index (χ4v) is 4.04. The number of nitrogens with one attached hydrogen (secondary N) is 2. The van der Waals surface area contributed by atoms with E-state index >= 15 is 0 Å². The molecule has 0 heterocycles. The fraction of sp³-hybridized carbons (Fsp3) is 0.381. The van der Waals surface area contributed by atoms with E-state index in [4.69, 9.17) is 0 Å². The summed E-state index contributed by atoms with van der Waals surface area (Å²) >= 11 is 0. The predicted octanol–water partition coefficient (Wildman–Crippen LogP) is 2.87. The van der Waals surface area contributed by atoms with Gasteiger partial charge in [0.1, 0.15) is 0 Å². The van der Waals surface area contributed by atoms with E-state index in [1.807, 2.05) is 6.92 Å². The first-order valence-corrected chi connectivity index (χ1v) is 10.9. The highest BCUT2D eigenvalue weighted by Gasteiger charge is 2.13. The van der Waals surface area contributed by atoms with E-state index in [2.05, 4.69) is 47.7 Å². The van der Waals surface area contributed by atoms with Crippen molar-refractivity contribution >= 4 is 15.8 Å². The highest BCUT2D eigenvalue weighted by atomic mass is 32.2. The van der Waals surface area contributed by atoms with Gasteiger partial charge in [-0.1, -0.05) is 47.5 Å². The van der Waals surface area contributed by atoms with Crippen molar-refractivity contribution in [3.63, 3.8) is 0 Å². The van der Waals surface area contributed by atoms with Crippen LogP contribution >= 0.6 is 0 Å². The summed E-state index contributed by atoms with van der Waals surface area (Å²) in [6.45, 7) is 7.87. The number of rotatable bonds is 8. The third-order valence-corrected chi connectivity index (χ3v) is 5.77. The molecule has 27 heavy (non-hydrogen) atoms. The van der Waals surface area contributed by atoms with Gasteiger partial charge in [0.05, 0.1) is 17.2 Å². The summed E-state index contributed by atoms with van der Waals surface area (Å²) in [5.41, 5.74) is 3.80. The molecule has 6 heteroatoms. The Kier molecular flexibility index (Phi) is 7.85. The Balaban J connectivity index is 1.90. The SMILES string of the molecule is CCNC(=NCCS(=O)(=O)c1ccccc1)NCCc1cc(C)cc(C)c1. The summed E-state index contributed by atoms with van der Waals surface area (Å²) in [6.07, 6.45) is 0.884. The molecule has 5 nitrogen and oxygen atoms in total. The third-order valence-electron chi connectivity index (χ3n) is 4.06. The van der Waals surface area contributed by atoms with E-state index in [1.54, 1.807) is 30.3 Å². The van der Waals surface area contributed by atoms with Crippen molar-refractivity contribution in [2.24, 2.45) is 4.99 Å². The molecule has 0 bridgehead atoms. The zero-order chi connectivity index (χ0) is 19.7. The molecule has 0 aromatic heterocycles. The van der Waals surface area contributed by atoms with Crippen LogP contribution in [0.2, 0.25) is 0 Å². The Hall–Kier alpha value is -2.34. The molecule has 0 aliphatic heterocycles. The maximum Gasteiger partial charge on any atom is 0.191 e. The Bertz CT molecular complexity index is 842. The second-order valence-electron chi connectivity index (χ2n) is 6.57. The molecule has 2 aromatic carbocycles. The topological polar surface area (TPSA) is 70.6 Å². The smallest absolute Gasteiger partial charge is 0.191 e. The van der Waals surface area contributed by atoms with Crippen LogP contribution in [0.25, 0.3) is 0 Å². The van der Waals surface area contributed by atoms with Crippen molar-refractivity contribution < 1.29 is 8.42 Å². The number of sulfone groups is 1. The van der Waals surface area contributed by atoms with Gasteiger partial charge in [-0.05, 0) is 44.9 Å². The van der Waals surface area contributed by atoms with Crippen LogP contribution in [-0.4, -0.2) is 39.8 Å². The van der Waals surface area contributed by atoms with Gasteiger partial charge >= 0.3 is 0 Å². The molecule has 0 aliphatic carbocycles. The fourth-order valence-electron chi connectivity index (χ4n) is 2.90. The molecule has 0 fully saturated rings. The summed E-state index contributed by atoms with van der Waals surface area (Å²) in [5.74, 6) is 0.634. The molecular weight excluding hydrogens is 358 g/mol. The van der Waals surface area contributed by atoms with Crippen LogP contribution in [0.4, 0.5) is 0 Å². The number of nitrogens with zero attached hydrogens (tertiary/aromatic N) is 1. The van der Waals surface area contributed by atoms with Gasteiger partial charge in [-0.2, -0.15) is 0 Å². The highest BCUT2D eigenvalue weighted by Crippen LogP contribution is 2.10.